The van der Waals surface area contributed by atoms with Crippen LogP contribution in [0.2, 0.25) is 0 Å². The highest BCUT2D eigenvalue weighted by atomic mass is 16.8. The lowest BCUT2D eigenvalue weighted by Crippen LogP contribution is -2.68. The van der Waals surface area contributed by atoms with Gasteiger partial charge in [0.25, 0.3) is 0 Å². The highest BCUT2D eigenvalue weighted by molar-refractivity contribution is 5.73. The molecular weight excluding hydrogens is 1620 g/mol. The van der Waals surface area contributed by atoms with E-state index < -0.39 is 317 Å². The lowest BCUT2D eigenvalue weighted by molar-refractivity contribution is -0.400. The summed E-state index contributed by atoms with van der Waals surface area (Å²) in [7, 11) is 0. The van der Waals surface area contributed by atoms with Gasteiger partial charge in [0.2, 0.25) is 5.91 Å². The third-order valence-electron chi connectivity index (χ3n) is 23.1. The minimum atomic E-state index is -2.51. The van der Waals surface area contributed by atoms with Gasteiger partial charge >= 0.3 is 0 Å². The van der Waals surface area contributed by atoms with Crippen LogP contribution in [0.4, 0.5) is 0 Å². The fourth-order valence-electron chi connectivity index (χ4n) is 15.7. The average Bonchev–Trinajstić information content (AvgIpc) is 0.808. The summed E-state index contributed by atoms with van der Waals surface area (Å²) in [5.41, 5.74) is 0.229. The van der Waals surface area contributed by atoms with Crippen LogP contribution in [-0.4, -0.2) is 464 Å². The highest BCUT2D eigenvalue weighted by Crippen LogP contribution is 2.39. The first-order valence-corrected chi connectivity index (χ1v) is 41.2. The van der Waals surface area contributed by atoms with Gasteiger partial charge in [-0.1, -0.05) is 108 Å². The number of aromatic nitrogens is 3. The van der Waals surface area contributed by atoms with E-state index in [2.05, 4.69) is 17.2 Å². The molecule has 25 N–H and O–H groups in total. The van der Waals surface area contributed by atoms with Gasteiger partial charge in [0.15, 0.2) is 62.8 Å². The second-order valence-electron chi connectivity index (χ2n) is 32.1. The Morgan fingerprint density at radius 2 is 0.700 bits per heavy atom. The molecule has 0 aliphatic carbocycles. The van der Waals surface area contributed by atoms with Gasteiger partial charge in [0, 0.05) is 13.5 Å². The maximum absolute atomic E-state index is 13.4. The molecule has 9 aliphatic heterocycles. The average molecular weight is 1750 g/mol. The number of aliphatic hydroxyl groups excluding tert-OH is 25. The number of ether oxygens (including phenoxy) is 17. The largest absolute Gasteiger partial charge is 0.394 e. The SMILES string of the molecule is CCCCCCCCCCCCCCCCCCn1cc(CN(C(C)=O)[C@@H]2O[C@@H](O)[C@@H](O[C@@H]3OC(CO[C@H]4OC[C@@H](O)[C@H](O)C4O[C@@H]4OC(CO)[C@H](O)[C@H](O)C4O)[C@@H](O[C@@H]4O[C@@H](CO[C@@H]5OC[C@H](O)C(O)C5O[C@@H]5OC(CO)[C@H](O)[C@H](O)C5O)[C@@H](O[C@@H]5OC(CO[C@H]6OC[C@@H](O)[C@H](O)C6O)[C@@H](O)[C@H](O)C5O)C(O)C4O)[C@H](O)C3O)C(O)C2O)nn1. The standard InChI is InChI=1S/C73H126N4O43/c1-3-4-5-6-7-8-9-10-11-12-13-14-15-16-17-18-19-76-20-31(74-75-76)21-77(30(2)80)64-52(96)49(93)61(65(103)120-64)117-71-58(102)51(95)60(39(114-71)29-109-73-63(42(86)34(83)26-106-73)119-68-55(99)47(91)44(88)36(23-79)111-68)116-70-57(101)50(94)59(115-69-56(100)48(92)45(89)37(112-69)27-107-66-53(97)40(84)32(81)24-104-66)38(113-70)28-108-72-62(41(85)33(82)25-105-72)118-67-54(98)46(90)43(87)35(22-78)110-67/h20,32-73,78-79,81-103H,3-19,21-29H2,1-2H3/t32-,33+,34-,35?,36?,37?,38+,39?,40+,41?,42+,43+,44+,45-,46+,47+,48+,49?,50?,51-,52?,53?,54?,55?,56?,57?,58?,59-,60-,61+,62?,63?,64-,65-,66-,67+,68+,69+,70+,71+,72+,73-/m1/s1. The van der Waals surface area contributed by atoms with Gasteiger partial charge in [-0.2, -0.15) is 0 Å². The summed E-state index contributed by atoms with van der Waals surface area (Å²) < 4.78 is 101. The monoisotopic (exact) mass is 1750 g/mol. The first-order chi connectivity index (χ1) is 57.3. The van der Waals surface area contributed by atoms with E-state index in [-0.39, 0.29) is 12.2 Å². The van der Waals surface area contributed by atoms with Crippen LogP contribution in [0.15, 0.2) is 6.20 Å². The first-order valence-electron chi connectivity index (χ1n) is 41.2. The number of unbranched alkanes of at least 4 members (excludes halogenated alkanes) is 15. The fraction of sp³-hybridized carbons (Fsp3) is 0.959. The molecular formula is C73H126N4O43. The van der Waals surface area contributed by atoms with Gasteiger partial charge in [0.05, 0.1) is 65.6 Å². The first kappa shape index (κ1) is 99.1. The molecule has 120 heavy (non-hydrogen) atoms. The maximum atomic E-state index is 13.4. The molecule has 47 nitrogen and oxygen atoms in total. The lowest BCUT2D eigenvalue weighted by Gasteiger charge is -2.50. The molecule has 0 spiro atoms. The molecule has 9 saturated heterocycles. The van der Waals surface area contributed by atoms with Crippen molar-refractivity contribution in [2.75, 3.05) is 52.9 Å². The number of carbonyl (C=O) groups excluding carboxylic acids is 1. The van der Waals surface area contributed by atoms with Gasteiger partial charge in [-0.15, -0.1) is 5.10 Å². The van der Waals surface area contributed by atoms with Crippen molar-refractivity contribution < 1.29 is 213 Å². The van der Waals surface area contributed by atoms with Gasteiger partial charge in [-0.05, 0) is 6.42 Å². The van der Waals surface area contributed by atoms with E-state index in [9.17, 15) is 132 Å². The molecule has 47 heteroatoms. The van der Waals surface area contributed by atoms with E-state index in [0.29, 0.717) is 6.54 Å². The zero-order valence-corrected chi connectivity index (χ0v) is 66.5. The molecule has 0 bridgehead atoms. The highest BCUT2D eigenvalue weighted by Gasteiger charge is 2.59. The number of hydrogen-bond acceptors (Lipinski definition) is 45. The van der Waals surface area contributed by atoms with Crippen LogP contribution in [0.1, 0.15) is 122 Å². The van der Waals surface area contributed by atoms with Crippen molar-refractivity contribution in [3.63, 3.8) is 0 Å². The molecule has 1 aromatic rings. The maximum Gasteiger partial charge on any atom is 0.221 e. The van der Waals surface area contributed by atoms with E-state index in [1.54, 1.807) is 10.9 Å². The van der Waals surface area contributed by atoms with Crippen molar-refractivity contribution in [1.29, 1.82) is 0 Å². The van der Waals surface area contributed by atoms with Crippen LogP contribution in [0.25, 0.3) is 0 Å². The van der Waals surface area contributed by atoms with Gasteiger partial charge in [0.1, 0.15) is 201 Å². The molecule has 0 aromatic carbocycles. The summed E-state index contributed by atoms with van der Waals surface area (Å²) >= 11 is 0. The van der Waals surface area contributed by atoms with Crippen LogP contribution in [0, 0.1) is 0 Å². The minimum Gasteiger partial charge on any atom is -0.394 e. The molecule has 696 valence electrons. The Balaban J connectivity index is 0.865. The van der Waals surface area contributed by atoms with Crippen molar-refractivity contribution >= 4 is 5.91 Å². The van der Waals surface area contributed by atoms with E-state index in [0.717, 1.165) is 43.9 Å². The fourth-order valence-corrected chi connectivity index (χ4v) is 15.7. The zero-order chi connectivity index (χ0) is 87.1. The van der Waals surface area contributed by atoms with E-state index in [1.807, 2.05) is 0 Å². The Bertz CT molecular complexity index is 3120. The smallest absolute Gasteiger partial charge is 0.221 e. The number of aryl methyl sites for hydroxylation is 1. The molecule has 42 atom stereocenters. The number of carbonyl (C=O) groups is 1. The summed E-state index contributed by atoms with van der Waals surface area (Å²) in [5, 5.41) is 286. The quantitative estimate of drug-likeness (QED) is 0.0271. The summed E-state index contributed by atoms with van der Waals surface area (Å²) in [6.07, 6.45) is -65.9. The molecule has 16 unspecified atom stereocenters. The molecule has 10 heterocycles. The van der Waals surface area contributed by atoms with Gasteiger partial charge in [-0.3, -0.25) is 9.48 Å². The molecule has 9 aliphatic rings. The number of aliphatic hydroxyl groups is 25. The van der Waals surface area contributed by atoms with Crippen LogP contribution in [-0.2, 0) is 98.4 Å². The van der Waals surface area contributed by atoms with Gasteiger partial charge in [-0.25, -0.2) is 0 Å². The van der Waals surface area contributed by atoms with E-state index in [1.165, 1.54) is 70.6 Å². The van der Waals surface area contributed by atoms with Crippen molar-refractivity contribution in [3.05, 3.63) is 11.9 Å². The molecule has 9 fully saturated rings. The zero-order valence-electron chi connectivity index (χ0n) is 66.5. The van der Waals surface area contributed by atoms with Crippen LogP contribution in [0.3, 0.4) is 0 Å². The third kappa shape index (κ3) is 24.7. The van der Waals surface area contributed by atoms with Crippen molar-refractivity contribution in [2.45, 2.75) is 388 Å². The Labute approximate surface area is 689 Å². The Morgan fingerprint density at radius 3 is 1.12 bits per heavy atom. The number of nitrogens with zero attached hydrogens (tertiary/aromatic N) is 4. The predicted molar refractivity (Wildman–Crippen MR) is 388 cm³/mol. The van der Waals surface area contributed by atoms with E-state index >= 15 is 0 Å². The van der Waals surface area contributed by atoms with E-state index in [4.69, 9.17) is 80.5 Å². The summed E-state index contributed by atoms with van der Waals surface area (Å²) in [6, 6.07) is 0. The third-order valence-corrected chi connectivity index (χ3v) is 23.1. The molecule has 10 rings (SSSR count). The molecule has 1 amide bonds. The molecule has 1 aromatic heterocycles. The topological polar surface area (TPSA) is 714 Å². The Hall–Kier alpha value is -3.07. The van der Waals surface area contributed by atoms with Crippen molar-refractivity contribution in [3.8, 4) is 0 Å². The lowest BCUT2D eigenvalue weighted by atomic mass is 9.95. The predicted octanol–water partition coefficient (Wildman–Crippen LogP) is -11.8. The number of hydrogen-bond donors (Lipinski definition) is 25. The van der Waals surface area contributed by atoms with Crippen LogP contribution < -0.4 is 0 Å². The number of amides is 1. The van der Waals surface area contributed by atoms with Crippen molar-refractivity contribution in [1.82, 2.24) is 19.9 Å². The summed E-state index contributed by atoms with van der Waals surface area (Å²) in [4.78, 5) is 14.3. The molecule has 0 radical (unpaired) electrons. The van der Waals surface area contributed by atoms with Crippen LogP contribution in [0.5, 0.6) is 0 Å². The summed E-state index contributed by atoms with van der Waals surface area (Å²) in [5.74, 6) is -0.737. The molecule has 0 saturated carbocycles. The Morgan fingerprint density at radius 1 is 0.367 bits per heavy atom. The van der Waals surface area contributed by atoms with Gasteiger partial charge < -0.3 is 213 Å². The summed E-state index contributed by atoms with van der Waals surface area (Å²) in [6.45, 7) is -3.49. The van der Waals surface area contributed by atoms with Crippen molar-refractivity contribution in [2.24, 2.45) is 0 Å². The number of rotatable bonds is 41. The normalized spacial score (nSPS) is 44.8. The second kappa shape index (κ2) is 46.8. The minimum absolute atomic E-state index is 0.229. The second-order valence-corrected chi connectivity index (χ2v) is 32.1. The van der Waals surface area contributed by atoms with Crippen LogP contribution >= 0.6 is 0 Å². The Kier molecular flexibility index (Phi) is 38.6.